The maximum atomic E-state index is 4.53. The smallest absolute Gasteiger partial charge is 0.132 e. The van der Waals surface area contributed by atoms with Crippen LogP contribution in [0.25, 0.3) is 0 Å². The number of pyridine rings is 2. The summed E-state index contributed by atoms with van der Waals surface area (Å²) in [6.07, 6.45) is 4.58. The zero-order valence-electron chi connectivity index (χ0n) is 11.8. The summed E-state index contributed by atoms with van der Waals surface area (Å²) in [5.74, 6) is 1.01. The quantitative estimate of drug-likeness (QED) is 0.881. The topological polar surface area (TPSA) is 41.1 Å². The van der Waals surface area contributed by atoms with Crippen molar-refractivity contribution < 1.29 is 0 Å². The van der Waals surface area contributed by atoms with Crippen LogP contribution in [-0.4, -0.2) is 30.6 Å². The van der Waals surface area contributed by atoms with Crippen LogP contribution < -0.4 is 10.2 Å². The molecule has 1 N–H and O–H groups in total. The molecule has 106 valence electrons. The number of likely N-dealkylation sites (N-methyl/N-ethyl adjacent to an activating group) is 1. The molecular formula is C15H19BrN4. The Morgan fingerprint density at radius 1 is 1.30 bits per heavy atom. The third-order valence-electron chi connectivity index (χ3n) is 3.07. The number of hydrogen-bond acceptors (Lipinski definition) is 4. The summed E-state index contributed by atoms with van der Waals surface area (Å²) in [6.45, 7) is 1.69. The predicted molar refractivity (Wildman–Crippen MR) is 85.9 cm³/mol. The molecule has 0 saturated heterocycles. The maximum Gasteiger partial charge on any atom is 0.132 e. The van der Waals surface area contributed by atoms with Gasteiger partial charge in [0.1, 0.15) is 5.82 Å². The van der Waals surface area contributed by atoms with Gasteiger partial charge < -0.3 is 10.2 Å². The van der Waals surface area contributed by atoms with Gasteiger partial charge in [-0.1, -0.05) is 6.07 Å². The van der Waals surface area contributed by atoms with Gasteiger partial charge in [-0.05, 0) is 41.2 Å². The largest absolute Gasteiger partial charge is 0.359 e. The van der Waals surface area contributed by atoms with Gasteiger partial charge in [0, 0.05) is 54.7 Å². The molecule has 0 aliphatic carbocycles. The number of nitrogens with zero attached hydrogens (tertiary/aromatic N) is 3. The van der Waals surface area contributed by atoms with Crippen LogP contribution in [0, 0.1) is 0 Å². The molecule has 2 aromatic rings. The lowest BCUT2D eigenvalue weighted by atomic mass is 10.2. The SMILES string of the molecule is CNCc1cc(Br)cnc1N(C)CCc1ccccn1. The lowest BCUT2D eigenvalue weighted by Gasteiger charge is -2.21. The molecule has 0 amide bonds. The van der Waals surface area contributed by atoms with Gasteiger partial charge in [0.2, 0.25) is 0 Å². The average molecular weight is 335 g/mol. The van der Waals surface area contributed by atoms with Gasteiger partial charge in [-0.2, -0.15) is 0 Å². The van der Waals surface area contributed by atoms with E-state index in [9.17, 15) is 0 Å². The van der Waals surface area contributed by atoms with Crippen LogP contribution in [0.5, 0.6) is 0 Å². The van der Waals surface area contributed by atoms with Gasteiger partial charge in [0.25, 0.3) is 0 Å². The van der Waals surface area contributed by atoms with Crippen molar-refractivity contribution in [2.24, 2.45) is 0 Å². The van der Waals surface area contributed by atoms with Crippen LogP contribution in [0.15, 0.2) is 41.1 Å². The van der Waals surface area contributed by atoms with Crippen molar-refractivity contribution in [2.75, 3.05) is 25.5 Å². The van der Waals surface area contributed by atoms with Crippen LogP contribution in [-0.2, 0) is 13.0 Å². The Morgan fingerprint density at radius 2 is 2.15 bits per heavy atom. The molecule has 0 unspecified atom stereocenters. The van der Waals surface area contributed by atoms with E-state index < -0.39 is 0 Å². The number of halogens is 1. The first-order valence-electron chi connectivity index (χ1n) is 6.61. The number of anilines is 1. The van der Waals surface area contributed by atoms with Gasteiger partial charge in [-0.25, -0.2) is 4.98 Å². The van der Waals surface area contributed by atoms with Gasteiger partial charge in [-0.3, -0.25) is 4.98 Å². The highest BCUT2D eigenvalue weighted by Crippen LogP contribution is 2.20. The van der Waals surface area contributed by atoms with E-state index in [1.165, 1.54) is 5.56 Å². The minimum Gasteiger partial charge on any atom is -0.359 e. The summed E-state index contributed by atoms with van der Waals surface area (Å²) in [7, 11) is 4.01. The van der Waals surface area contributed by atoms with Crippen LogP contribution in [0.3, 0.4) is 0 Å². The number of hydrogen-bond donors (Lipinski definition) is 1. The number of rotatable bonds is 6. The Morgan fingerprint density at radius 3 is 2.85 bits per heavy atom. The molecule has 0 aliphatic heterocycles. The molecule has 4 nitrogen and oxygen atoms in total. The van der Waals surface area contributed by atoms with Crippen LogP contribution in [0.1, 0.15) is 11.3 Å². The predicted octanol–water partition coefficient (Wildman–Crippen LogP) is 2.64. The Labute approximate surface area is 128 Å². The van der Waals surface area contributed by atoms with Gasteiger partial charge in [-0.15, -0.1) is 0 Å². The molecule has 0 fully saturated rings. The van der Waals surface area contributed by atoms with Crippen molar-refractivity contribution in [2.45, 2.75) is 13.0 Å². The number of nitrogens with one attached hydrogen (secondary N) is 1. The van der Waals surface area contributed by atoms with E-state index >= 15 is 0 Å². The summed E-state index contributed by atoms with van der Waals surface area (Å²) in [4.78, 5) is 11.1. The summed E-state index contributed by atoms with van der Waals surface area (Å²) in [5, 5.41) is 3.18. The summed E-state index contributed by atoms with van der Waals surface area (Å²) >= 11 is 3.47. The van der Waals surface area contributed by atoms with E-state index in [4.69, 9.17) is 0 Å². The van der Waals surface area contributed by atoms with E-state index in [1.807, 2.05) is 31.6 Å². The molecule has 2 rings (SSSR count). The Kier molecular flexibility index (Phi) is 5.49. The van der Waals surface area contributed by atoms with Crippen molar-refractivity contribution in [1.29, 1.82) is 0 Å². The molecule has 2 heterocycles. The molecule has 20 heavy (non-hydrogen) atoms. The van der Waals surface area contributed by atoms with Gasteiger partial charge in [0.15, 0.2) is 0 Å². The minimum absolute atomic E-state index is 0.801. The molecule has 0 aliphatic rings. The zero-order valence-corrected chi connectivity index (χ0v) is 13.4. The maximum absolute atomic E-state index is 4.53. The van der Waals surface area contributed by atoms with Gasteiger partial charge >= 0.3 is 0 Å². The first-order valence-corrected chi connectivity index (χ1v) is 7.40. The van der Waals surface area contributed by atoms with Crippen LogP contribution in [0.2, 0.25) is 0 Å². The van der Waals surface area contributed by atoms with E-state index in [1.54, 1.807) is 0 Å². The summed E-state index contributed by atoms with van der Waals surface area (Å²) in [6, 6.07) is 8.12. The van der Waals surface area contributed by atoms with E-state index in [2.05, 4.69) is 55.3 Å². The van der Waals surface area contributed by atoms with Crippen molar-refractivity contribution in [3.63, 3.8) is 0 Å². The zero-order chi connectivity index (χ0) is 14.4. The molecule has 0 saturated carbocycles. The average Bonchev–Trinajstić information content (AvgIpc) is 2.46. The molecule has 0 aromatic carbocycles. The van der Waals surface area contributed by atoms with Crippen molar-refractivity contribution in [1.82, 2.24) is 15.3 Å². The monoisotopic (exact) mass is 334 g/mol. The Balaban J connectivity index is 2.06. The van der Waals surface area contributed by atoms with Crippen molar-refractivity contribution >= 4 is 21.7 Å². The van der Waals surface area contributed by atoms with Crippen molar-refractivity contribution in [3.05, 3.63) is 52.4 Å². The Bertz CT molecular complexity index is 545. The summed E-state index contributed by atoms with van der Waals surface area (Å²) < 4.78 is 1.00. The molecule has 0 spiro atoms. The fraction of sp³-hybridized carbons (Fsp3) is 0.333. The lowest BCUT2D eigenvalue weighted by molar-refractivity contribution is 0.785. The molecule has 2 aromatic heterocycles. The Hall–Kier alpha value is -1.46. The molecule has 0 bridgehead atoms. The fourth-order valence-corrected chi connectivity index (χ4v) is 2.45. The van der Waals surface area contributed by atoms with E-state index in [-0.39, 0.29) is 0 Å². The first kappa shape index (κ1) is 14.9. The second-order valence-electron chi connectivity index (χ2n) is 4.66. The van der Waals surface area contributed by atoms with Crippen molar-refractivity contribution in [3.8, 4) is 0 Å². The van der Waals surface area contributed by atoms with E-state index in [0.717, 1.165) is 35.5 Å². The standard InChI is InChI=1S/C15H19BrN4/c1-17-10-12-9-13(16)11-19-15(12)20(2)8-6-14-5-3-4-7-18-14/h3-5,7,9,11,17H,6,8,10H2,1-2H3. The van der Waals surface area contributed by atoms with Crippen LogP contribution >= 0.6 is 15.9 Å². The van der Waals surface area contributed by atoms with Crippen LogP contribution in [0.4, 0.5) is 5.82 Å². The molecule has 5 heteroatoms. The minimum atomic E-state index is 0.801. The normalized spacial score (nSPS) is 10.6. The summed E-state index contributed by atoms with van der Waals surface area (Å²) in [5.41, 5.74) is 2.29. The molecule has 0 radical (unpaired) electrons. The van der Waals surface area contributed by atoms with E-state index in [0.29, 0.717) is 0 Å². The second kappa shape index (κ2) is 7.36. The highest BCUT2D eigenvalue weighted by molar-refractivity contribution is 9.10. The second-order valence-corrected chi connectivity index (χ2v) is 5.57. The molecule has 0 atom stereocenters. The number of aromatic nitrogens is 2. The molecular weight excluding hydrogens is 316 g/mol. The highest BCUT2D eigenvalue weighted by Gasteiger charge is 2.09. The van der Waals surface area contributed by atoms with Gasteiger partial charge in [0.05, 0.1) is 0 Å². The third kappa shape index (κ3) is 4.02. The highest BCUT2D eigenvalue weighted by atomic mass is 79.9. The fourth-order valence-electron chi connectivity index (χ4n) is 2.07. The third-order valence-corrected chi connectivity index (χ3v) is 3.50. The lowest BCUT2D eigenvalue weighted by Crippen LogP contribution is -2.24. The first-order chi connectivity index (χ1) is 9.70.